The number of aromatic nitrogens is 1. The van der Waals surface area contributed by atoms with E-state index in [1.54, 1.807) is 19.1 Å². The van der Waals surface area contributed by atoms with Crippen molar-refractivity contribution in [1.82, 2.24) is 14.6 Å². The molecule has 0 saturated heterocycles. The number of benzene rings is 1. The lowest BCUT2D eigenvalue weighted by atomic mass is 9.94. The van der Waals surface area contributed by atoms with Crippen LogP contribution in [-0.2, 0) is 16.4 Å². The topological polar surface area (TPSA) is 99.3 Å². The van der Waals surface area contributed by atoms with Gasteiger partial charge in [0.1, 0.15) is 5.69 Å². The number of H-pyrrole nitrogens is 1. The van der Waals surface area contributed by atoms with Gasteiger partial charge in [0.15, 0.2) is 5.78 Å². The molecule has 0 radical (unpaired) electrons. The largest absolute Gasteiger partial charge is 0.354 e. The molecule has 1 unspecified atom stereocenters. The van der Waals surface area contributed by atoms with Gasteiger partial charge in [0, 0.05) is 31.8 Å². The summed E-state index contributed by atoms with van der Waals surface area (Å²) < 4.78 is 25.5. The lowest BCUT2D eigenvalue weighted by Crippen LogP contribution is -2.27. The lowest BCUT2D eigenvalue weighted by Gasteiger charge is -2.16. The summed E-state index contributed by atoms with van der Waals surface area (Å²) in [6, 6.07) is 6.13. The number of hydrogen-bond acceptors (Lipinski definition) is 4. The number of aryl methyl sites for hydroxylation is 1. The van der Waals surface area contributed by atoms with Crippen LogP contribution in [0.15, 0.2) is 29.2 Å². The molecule has 0 saturated carbocycles. The monoisotopic (exact) mass is 403 g/mol. The molecule has 0 bridgehead atoms. The fourth-order valence-electron chi connectivity index (χ4n) is 3.49. The Bertz CT molecular complexity index is 1020. The Balaban J connectivity index is 1.77. The molecule has 0 fully saturated rings. The van der Waals surface area contributed by atoms with Gasteiger partial charge in [-0.2, -0.15) is 0 Å². The molecule has 1 heterocycles. The first-order chi connectivity index (χ1) is 13.1. The maximum absolute atomic E-state index is 12.7. The zero-order valence-corrected chi connectivity index (χ0v) is 17.3. The Morgan fingerprint density at radius 1 is 1.18 bits per heavy atom. The molecule has 1 amide bonds. The fraction of sp³-hybridized carbons (Fsp3) is 0.400. The number of hydrogen-bond donors (Lipinski definition) is 2. The quantitative estimate of drug-likeness (QED) is 0.801. The van der Waals surface area contributed by atoms with E-state index >= 15 is 0 Å². The van der Waals surface area contributed by atoms with Gasteiger partial charge in [0.05, 0.1) is 10.9 Å². The van der Waals surface area contributed by atoms with Gasteiger partial charge in [-0.05, 0) is 49.9 Å². The van der Waals surface area contributed by atoms with Crippen LogP contribution in [0.25, 0.3) is 0 Å². The highest BCUT2D eigenvalue weighted by Crippen LogP contribution is 2.27. The number of fused-ring (bicyclic) bond motifs is 1. The molecule has 0 aliphatic heterocycles. The first kappa shape index (κ1) is 20.3. The smallest absolute Gasteiger partial charge is 0.268 e. The van der Waals surface area contributed by atoms with Crippen LogP contribution >= 0.6 is 0 Å². The van der Waals surface area contributed by atoms with Crippen molar-refractivity contribution in [2.75, 3.05) is 14.1 Å². The van der Waals surface area contributed by atoms with Gasteiger partial charge in [-0.3, -0.25) is 9.59 Å². The molecule has 8 heteroatoms. The summed E-state index contributed by atoms with van der Waals surface area (Å²) in [4.78, 5) is 28.2. The third-order valence-corrected chi connectivity index (χ3v) is 7.00. The zero-order chi connectivity index (χ0) is 20.6. The molecule has 28 heavy (non-hydrogen) atoms. The van der Waals surface area contributed by atoms with Crippen LogP contribution in [-0.4, -0.2) is 43.5 Å². The van der Waals surface area contributed by atoms with Gasteiger partial charge in [-0.1, -0.05) is 12.1 Å². The second-order valence-corrected chi connectivity index (χ2v) is 9.46. The van der Waals surface area contributed by atoms with Crippen molar-refractivity contribution in [1.29, 1.82) is 0 Å². The number of ketones is 1. The van der Waals surface area contributed by atoms with Crippen molar-refractivity contribution in [3.05, 3.63) is 52.3 Å². The summed E-state index contributed by atoms with van der Waals surface area (Å²) in [5, 5.41) is 2.92. The molecule has 1 aromatic heterocycles. The second kappa shape index (κ2) is 7.52. The summed E-state index contributed by atoms with van der Waals surface area (Å²) >= 11 is 0. The summed E-state index contributed by atoms with van der Waals surface area (Å²) in [6.45, 7) is 3.62. The Morgan fingerprint density at radius 3 is 2.39 bits per heavy atom. The van der Waals surface area contributed by atoms with E-state index < -0.39 is 10.0 Å². The molecular weight excluding hydrogens is 378 g/mol. The molecule has 1 aromatic carbocycles. The predicted octanol–water partition coefficient (Wildman–Crippen LogP) is 2.58. The molecule has 1 aliphatic rings. The van der Waals surface area contributed by atoms with Crippen LogP contribution in [0.2, 0.25) is 0 Å². The number of carbonyl (C=O) groups is 2. The van der Waals surface area contributed by atoms with Gasteiger partial charge in [-0.15, -0.1) is 0 Å². The van der Waals surface area contributed by atoms with Crippen LogP contribution in [0.1, 0.15) is 63.5 Å². The van der Waals surface area contributed by atoms with Crippen molar-refractivity contribution >= 4 is 21.7 Å². The standard InChI is InChI=1S/C20H25N3O4S/c1-12-18-16(6-5-7-17(18)24)22-19(12)20(25)21-13(2)14-8-10-15(11-9-14)28(26,27)23(3)4/h8-11,13,22H,5-7H2,1-4H3,(H,21,25). The minimum Gasteiger partial charge on any atom is -0.354 e. The predicted molar refractivity (Wildman–Crippen MR) is 106 cm³/mol. The Labute approximate surface area is 165 Å². The van der Waals surface area contributed by atoms with Crippen LogP contribution in [0.3, 0.4) is 0 Å². The zero-order valence-electron chi connectivity index (χ0n) is 16.5. The Morgan fingerprint density at radius 2 is 1.82 bits per heavy atom. The average molecular weight is 404 g/mol. The molecule has 7 nitrogen and oxygen atoms in total. The van der Waals surface area contributed by atoms with Crippen LogP contribution < -0.4 is 5.32 Å². The number of aromatic amines is 1. The van der Waals surface area contributed by atoms with Crippen molar-refractivity contribution in [3.8, 4) is 0 Å². The van der Waals surface area contributed by atoms with E-state index in [-0.39, 0.29) is 22.6 Å². The van der Waals surface area contributed by atoms with Crippen molar-refractivity contribution in [3.63, 3.8) is 0 Å². The Hall–Kier alpha value is -2.45. The number of sulfonamides is 1. The van der Waals surface area contributed by atoms with E-state index in [4.69, 9.17) is 0 Å². The van der Waals surface area contributed by atoms with Gasteiger partial charge >= 0.3 is 0 Å². The van der Waals surface area contributed by atoms with E-state index in [1.807, 2.05) is 6.92 Å². The number of amides is 1. The van der Waals surface area contributed by atoms with E-state index in [1.165, 1.54) is 26.2 Å². The molecular formula is C20H25N3O4S. The molecule has 2 aromatic rings. The normalized spacial score (nSPS) is 15.4. The van der Waals surface area contributed by atoms with Crippen LogP contribution in [0.4, 0.5) is 0 Å². The first-order valence-corrected chi connectivity index (χ1v) is 10.6. The number of rotatable bonds is 5. The van der Waals surface area contributed by atoms with E-state index in [0.717, 1.165) is 28.4 Å². The van der Waals surface area contributed by atoms with Gasteiger partial charge in [0.25, 0.3) is 5.91 Å². The number of nitrogens with one attached hydrogen (secondary N) is 2. The number of nitrogens with zero attached hydrogens (tertiary/aromatic N) is 1. The van der Waals surface area contributed by atoms with Gasteiger partial charge < -0.3 is 10.3 Å². The molecule has 0 spiro atoms. The second-order valence-electron chi connectivity index (χ2n) is 7.31. The van der Waals surface area contributed by atoms with Crippen molar-refractivity contribution in [2.45, 2.75) is 44.0 Å². The third-order valence-electron chi connectivity index (χ3n) is 5.17. The van der Waals surface area contributed by atoms with Crippen LogP contribution in [0.5, 0.6) is 0 Å². The highest BCUT2D eigenvalue weighted by Gasteiger charge is 2.27. The van der Waals surface area contributed by atoms with Crippen molar-refractivity contribution < 1.29 is 18.0 Å². The fourth-order valence-corrected chi connectivity index (χ4v) is 4.39. The maximum Gasteiger partial charge on any atom is 0.268 e. The van der Waals surface area contributed by atoms with E-state index in [9.17, 15) is 18.0 Å². The number of Topliss-reactive ketones (excluding diaryl/α,β-unsaturated/α-hetero) is 1. The molecule has 2 N–H and O–H groups in total. The van der Waals surface area contributed by atoms with E-state index in [0.29, 0.717) is 23.2 Å². The summed E-state index contributed by atoms with van der Waals surface area (Å²) in [5.74, 6) is -0.197. The lowest BCUT2D eigenvalue weighted by molar-refractivity contribution is 0.0934. The summed E-state index contributed by atoms with van der Waals surface area (Å²) in [6.07, 6.45) is 2.09. The molecule has 1 aliphatic carbocycles. The SMILES string of the molecule is Cc1c(C(=O)NC(C)c2ccc(S(=O)(=O)N(C)C)cc2)[nH]c2c1C(=O)CCC2. The highest BCUT2D eigenvalue weighted by atomic mass is 32.2. The van der Waals surface area contributed by atoms with Gasteiger partial charge in [0.2, 0.25) is 10.0 Å². The van der Waals surface area contributed by atoms with Crippen molar-refractivity contribution in [2.24, 2.45) is 0 Å². The Kier molecular flexibility index (Phi) is 5.45. The van der Waals surface area contributed by atoms with E-state index in [2.05, 4.69) is 10.3 Å². The van der Waals surface area contributed by atoms with Crippen LogP contribution in [0, 0.1) is 6.92 Å². The molecule has 150 valence electrons. The highest BCUT2D eigenvalue weighted by molar-refractivity contribution is 7.89. The third kappa shape index (κ3) is 3.62. The van der Waals surface area contributed by atoms with Gasteiger partial charge in [-0.25, -0.2) is 12.7 Å². The molecule has 3 rings (SSSR count). The minimum absolute atomic E-state index is 0.0831. The molecule has 1 atom stereocenters. The summed E-state index contributed by atoms with van der Waals surface area (Å²) in [7, 11) is -0.527. The average Bonchev–Trinajstić information content (AvgIpc) is 2.99. The number of carbonyl (C=O) groups excluding carboxylic acids is 2. The minimum atomic E-state index is -3.49. The first-order valence-electron chi connectivity index (χ1n) is 9.21. The summed E-state index contributed by atoms with van der Waals surface area (Å²) in [5.41, 5.74) is 3.39. The maximum atomic E-state index is 12.7.